The summed E-state index contributed by atoms with van der Waals surface area (Å²) in [5.74, 6) is -0.466. The number of benzene rings is 3. The number of aryl methyl sites for hydroxylation is 7. The van der Waals surface area contributed by atoms with E-state index in [9.17, 15) is 24.6 Å². The van der Waals surface area contributed by atoms with Crippen LogP contribution in [0.25, 0.3) is 0 Å². The first-order valence-corrected chi connectivity index (χ1v) is 18.4. The fourth-order valence-corrected chi connectivity index (χ4v) is 6.28. The van der Waals surface area contributed by atoms with Gasteiger partial charge < -0.3 is 30.9 Å². The number of unbranched alkanes of at least 4 members (excludes halogenated alkanes) is 1. The van der Waals surface area contributed by atoms with Crippen LogP contribution >= 0.6 is 0 Å². The van der Waals surface area contributed by atoms with Crippen molar-refractivity contribution in [3.05, 3.63) is 104 Å². The first-order chi connectivity index (χ1) is 24.4. The third kappa shape index (κ3) is 13.5. The minimum Gasteiger partial charge on any atom is -0.395 e. The zero-order valence-corrected chi connectivity index (χ0v) is 31.5. The molecule has 3 rings (SSSR count). The van der Waals surface area contributed by atoms with Crippen LogP contribution in [0.15, 0.2) is 48.5 Å². The van der Waals surface area contributed by atoms with Crippen molar-refractivity contribution in [2.45, 2.75) is 98.0 Å². The summed E-state index contributed by atoms with van der Waals surface area (Å²) in [6.07, 6.45) is 7.38. The molecule has 9 nitrogen and oxygen atoms in total. The number of amides is 3. The van der Waals surface area contributed by atoms with E-state index in [1.807, 2.05) is 37.3 Å². The number of carbonyl (C=O) groups excluding carboxylic acids is 3. The number of ether oxygens (including phenoxy) is 1. The van der Waals surface area contributed by atoms with Gasteiger partial charge in [-0.1, -0.05) is 49.2 Å². The van der Waals surface area contributed by atoms with Gasteiger partial charge in [-0.25, -0.2) is 0 Å². The Hall–Kier alpha value is -4.05. The maximum Gasteiger partial charge on any atom is 0.251 e. The molecule has 0 saturated heterocycles. The second kappa shape index (κ2) is 20.7. The molecule has 3 aromatic carbocycles. The molecule has 0 spiro atoms. The molecule has 5 N–H and O–H groups in total. The molecule has 278 valence electrons. The molecule has 0 aliphatic carbocycles. The summed E-state index contributed by atoms with van der Waals surface area (Å²) in [5, 5.41) is 28.0. The summed E-state index contributed by atoms with van der Waals surface area (Å²) < 4.78 is 5.07. The summed E-state index contributed by atoms with van der Waals surface area (Å²) in [5.41, 5.74) is 8.44. The molecule has 0 unspecified atom stereocenters. The van der Waals surface area contributed by atoms with Crippen LogP contribution in [0.1, 0.15) is 116 Å². The lowest BCUT2D eigenvalue weighted by Crippen LogP contribution is -2.38. The van der Waals surface area contributed by atoms with Crippen molar-refractivity contribution >= 4 is 17.7 Å². The smallest absolute Gasteiger partial charge is 0.251 e. The van der Waals surface area contributed by atoms with Crippen LogP contribution in [0.3, 0.4) is 0 Å². The molecule has 9 heteroatoms. The Morgan fingerprint density at radius 3 is 1.96 bits per heavy atom. The van der Waals surface area contributed by atoms with Crippen LogP contribution in [0.2, 0.25) is 0 Å². The van der Waals surface area contributed by atoms with Crippen molar-refractivity contribution in [1.29, 1.82) is 0 Å². The highest BCUT2D eigenvalue weighted by atomic mass is 16.5. The van der Waals surface area contributed by atoms with E-state index < -0.39 is 5.60 Å². The lowest BCUT2D eigenvalue weighted by Gasteiger charge is -2.19. The lowest BCUT2D eigenvalue weighted by molar-refractivity contribution is 0.0694. The van der Waals surface area contributed by atoms with Crippen molar-refractivity contribution < 1.29 is 29.3 Å². The molecule has 0 heterocycles. The van der Waals surface area contributed by atoms with Crippen molar-refractivity contribution in [2.75, 3.05) is 40.0 Å². The summed E-state index contributed by atoms with van der Waals surface area (Å²) in [6, 6.07) is 16.1. The minimum atomic E-state index is -1.03. The number of nitrogens with one attached hydrogen (secondary N) is 3. The molecule has 0 aliphatic heterocycles. The molecule has 0 radical (unpaired) electrons. The minimum absolute atomic E-state index is 0.0848. The quantitative estimate of drug-likeness (QED) is 0.0919. The van der Waals surface area contributed by atoms with Crippen LogP contribution in [-0.4, -0.2) is 73.5 Å². The molecule has 51 heavy (non-hydrogen) atoms. The third-order valence-electron chi connectivity index (χ3n) is 8.97. The zero-order valence-electron chi connectivity index (χ0n) is 31.5. The summed E-state index contributed by atoms with van der Waals surface area (Å²) >= 11 is 0. The van der Waals surface area contributed by atoms with Gasteiger partial charge in [0.25, 0.3) is 17.7 Å². The second-order valence-corrected chi connectivity index (χ2v) is 14.1. The standard InChI is InChI=1S/C42H59N3O6/c1-7-11-33-25-30(3)32(27-38(33)41(49)43-20-22-46)14-10-15-35-26-31(17-19-37(35)40(48)45-28-42(4,5)50)12-8-9-13-34-24-29(2)16-18-36(34)39(47)44-21-23-51-6/h16-19,24-27,46,50H,7-15,20-23,28H2,1-6H3,(H,43,49)(H,44,47)(H,45,48). The number of rotatable bonds is 21. The molecule has 0 aromatic heterocycles. The molecule has 0 fully saturated rings. The summed E-state index contributed by atoms with van der Waals surface area (Å²) in [4.78, 5) is 39.1. The Morgan fingerprint density at radius 1 is 0.686 bits per heavy atom. The van der Waals surface area contributed by atoms with Gasteiger partial charge in [-0.05, 0) is 131 Å². The van der Waals surface area contributed by atoms with Crippen molar-refractivity contribution in [3.63, 3.8) is 0 Å². The van der Waals surface area contributed by atoms with Gasteiger partial charge in [0.1, 0.15) is 0 Å². The first-order valence-electron chi connectivity index (χ1n) is 18.4. The number of hydrogen-bond donors (Lipinski definition) is 5. The maximum atomic E-state index is 13.3. The Balaban J connectivity index is 1.75. The van der Waals surface area contributed by atoms with Gasteiger partial charge in [-0.3, -0.25) is 14.4 Å². The fraction of sp³-hybridized carbons (Fsp3) is 0.500. The average molecular weight is 702 g/mol. The van der Waals surface area contributed by atoms with Gasteiger partial charge in [0, 0.05) is 43.4 Å². The monoisotopic (exact) mass is 701 g/mol. The van der Waals surface area contributed by atoms with Gasteiger partial charge in [-0.15, -0.1) is 0 Å². The van der Waals surface area contributed by atoms with Gasteiger partial charge in [0.2, 0.25) is 0 Å². The highest BCUT2D eigenvalue weighted by Crippen LogP contribution is 2.23. The Labute approximate surface area is 304 Å². The molecule has 3 amide bonds. The van der Waals surface area contributed by atoms with E-state index in [4.69, 9.17) is 4.74 Å². The number of methoxy groups -OCH3 is 1. The number of carbonyl (C=O) groups is 3. The zero-order chi connectivity index (χ0) is 37.4. The molecule has 0 aliphatic rings. The summed E-state index contributed by atoms with van der Waals surface area (Å²) in [7, 11) is 1.61. The maximum absolute atomic E-state index is 13.3. The third-order valence-corrected chi connectivity index (χ3v) is 8.97. The van der Waals surface area contributed by atoms with Crippen LogP contribution < -0.4 is 16.0 Å². The van der Waals surface area contributed by atoms with E-state index in [0.29, 0.717) is 36.3 Å². The Bertz CT molecular complexity index is 1610. The molecule has 0 bridgehead atoms. The topological polar surface area (TPSA) is 137 Å². The van der Waals surface area contributed by atoms with E-state index in [1.54, 1.807) is 21.0 Å². The molecule has 0 saturated carbocycles. The highest BCUT2D eigenvalue weighted by molar-refractivity contribution is 5.97. The van der Waals surface area contributed by atoms with Crippen LogP contribution in [0.4, 0.5) is 0 Å². The van der Waals surface area contributed by atoms with Crippen LogP contribution in [0.5, 0.6) is 0 Å². The lowest BCUT2D eigenvalue weighted by atomic mass is 9.91. The highest BCUT2D eigenvalue weighted by Gasteiger charge is 2.19. The number of aliphatic hydroxyl groups excluding tert-OH is 1. The SMILES string of the molecule is CCCc1cc(C)c(CCCc2cc(CCCCc3cc(C)ccc3C(=O)NCCOC)ccc2C(=O)NCC(C)(C)O)cc1C(=O)NCCO. The van der Waals surface area contributed by atoms with Gasteiger partial charge in [-0.2, -0.15) is 0 Å². The van der Waals surface area contributed by atoms with Crippen molar-refractivity contribution in [1.82, 2.24) is 16.0 Å². The molecule has 3 aromatic rings. The van der Waals surface area contributed by atoms with E-state index in [2.05, 4.69) is 48.0 Å². The van der Waals surface area contributed by atoms with Gasteiger partial charge >= 0.3 is 0 Å². The number of aliphatic hydroxyl groups is 2. The molecular formula is C42H59N3O6. The largest absolute Gasteiger partial charge is 0.395 e. The Kier molecular flexibility index (Phi) is 16.8. The van der Waals surface area contributed by atoms with Crippen molar-refractivity contribution in [3.8, 4) is 0 Å². The predicted molar refractivity (Wildman–Crippen MR) is 204 cm³/mol. The second-order valence-electron chi connectivity index (χ2n) is 14.1. The van der Waals surface area contributed by atoms with Gasteiger partial charge in [0.15, 0.2) is 0 Å². The fourth-order valence-electron chi connectivity index (χ4n) is 6.28. The van der Waals surface area contributed by atoms with E-state index in [0.717, 1.165) is 90.3 Å². The average Bonchev–Trinajstić information content (AvgIpc) is 3.09. The van der Waals surface area contributed by atoms with Crippen LogP contribution in [0, 0.1) is 13.8 Å². The van der Waals surface area contributed by atoms with Crippen LogP contribution in [-0.2, 0) is 36.8 Å². The molecular weight excluding hydrogens is 642 g/mol. The first kappa shape index (κ1) is 41.4. The summed E-state index contributed by atoms with van der Waals surface area (Å²) in [6.45, 7) is 10.7. The normalized spacial score (nSPS) is 11.4. The predicted octanol–water partition coefficient (Wildman–Crippen LogP) is 5.60. The molecule has 0 atom stereocenters. The number of hydrogen-bond acceptors (Lipinski definition) is 6. The van der Waals surface area contributed by atoms with E-state index in [-0.39, 0.29) is 37.4 Å². The van der Waals surface area contributed by atoms with E-state index >= 15 is 0 Å². The van der Waals surface area contributed by atoms with E-state index in [1.165, 1.54) is 0 Å². The van der Waals surface area contributed by atoms with Crippen molar-refractivity contribution in [2.24, 2.45) is 0 Å². The Morgan fingerprint density at radius 2 is 1.27 bits per heavy atom. The van der Waals surface area contributed by atoms with Gasteiger partial charge in [0.05, 0.1) is 18.8 Å².